The first kappa shape index (κ1) is 25.9. The number of anilines is 1. The Morgan fingerprint density at radius 3 is 2.71 bits per heavy atom. The van der Waals surface area contributed by atoms with Crippen molar-refractivity contribution >= 4 is 52.6 Å². The molecule has 2 aromatic rings. The van der Waals surface area contributed by atoms with Crippen LogP contribution in [0.4, 0.5) is 18.9 Å². The Balaban J connectivity index is 1.45. The largest absolute Gasteiger partial charge is 0.433 e. The van der Waals surface area contributed by atoms with E-state index in [4.69, 9.17) is 11.6 Å². The number of hydrogen-bond donors (Lipinski definition) is 3. The number of hydrogen-bond acceptors (Lipinski definition) is 5. The molecular formula is C24H28ClF3N4O2S. The van der Waals surface area contributed by atoms with Crippen LogP contribution in [0.25, 0.3) is 10.9 Å². The van der Waals surface area contributed by atoms with Crippen molar-refractivity contribution < 1.29 is 22.8 Å². The normalized spacial score (nSPS) is 24.0. The first-order chi connectivity index (χ1) is 16.6. The molecule has 0 bridgehead atoms. The van der Waals surface area contributed by atoms with Crippen LogP contribution in [0.3, 0.4) is 0 Å². The molecule has 2 fully saturated rings. The molecule has 1 saturated carbocycles. The predicted octanol–water partition coefficient (Wildman–Crippen LogP) is 5.06. The molecule has 1 saturated heterocycles. The van der Waals surface area contributed by atoms with E-state index in [9.17, 15) is 22.8 Å². The van der Waals surface area contributed by atoms with Gasteiger partial charge in [0.2, 0.25) is 11.8 Å². The molecule has 1 aliphatic carbocycles. The maximum absolute atomic E-state index is 13.4. The number of carbonyl (C=O) groups excluding carboxylic acids is 2. The molecule has 1 unspecified atom stereocenters. The van der Waals surface area contributed by atoms with Crippen molar-refractivity contribution in [2.45, 2.75) is 75.0 Å². The summed E-state index contributed by atoms with van der Waals surface area (Å²) in [4.78, 5) is 30.4. The third-order valence-electron chi connectivity index (χ3n) is 6.74. The first-order valence-electron chi connectivity index (χ1n) is 11.8. The topological polar surface area (TPSA) is 74.3 Å². The highest BCUT2D eigenvalue weighted by Crippen LogP contribution is 2.36. The van der Waals surface area contributed by atoms with Gasteiger partial charge in [0, 0.05) is 46.4 Å². The summed E-state index contributed by atoms with van der Waals surface area (Å²) in [5.74, 6) is -0.173. The van der Waals surface area contributed by atoms with Crippen LogP contribution in [0.2, 0.25) is 5.02 Å². The predicted molar refractivity (Wildman–Crippen MR) is 133 cm³/mol. The van der Waals surface area contributed by atoms with Crippen molar-refractivity contribution in [3.05, 3.63) is 35.0 Å². The fourth-order valence-corrected chi connectivity index (χ4v) is 5.60. The standard InChI is InChI=1S/C24H28ClF3N4O2S/c1-2-19(32-9-3-4-22(32)33)23(34)31-17-8-6-14(11-20(17)35)29-18-12-21(24(26,27)28)30-16-7-5-13(25)10-15(16)18/h5,7,10,12,14,17,19-20,35H,2-4,6,8-9,11H2,1H3,(H,29,30)(H,31,34)/t14-,17+,19+,20?/m1/s1. The number of alkyl halides is 3. The zero-order valence-corrected chi connectivity index (χ0v) is 20.9. The molecule has 0 radical (unpaired) electrons. The van der Waals surface area contributed by atoms with E-state index in [1.54, 1.807) is 11.0 Å². The second-order valence-corrected chi connectivity index (χ2v) is 10.3. The summed E-state index contributed by atoms with van der Waals surface area (Å²) in [6.45, 7) is 2.48. The summed E-state index contributed by atoms with van der Waals surface area (Å²) in [7, 11) is 0. The third kappa shape index (κ3) is 5.80. The van der Waals surface area contributed by atoms with Gasteiger partial charge in [0.25, 0.3) is 0 Å². The number of pyridine rings is 1. The van der Waals surface area contributed by atoms with Gasteiger partial charge in [0.1, 0.15) is 11.7 Å². The SMILES string of the molecule is CC[C@@H](C(=O)N[C@H]1CC[C@@H](Nc2cc(C(F)(F)F)nc3ccc(Cl)cc23)CC1S)N1CCCC1=O. The van der Waals surface area contributed by atoms with Crippen LogP contribution in [0.5, 0.6) is 0 Å². The number of likely N-dealkylation sites (tertiary alicyclic amines) is 1. The second kappa shape index (κ2) is 10.4. The molecule has 2 amide bonds. The number of fused-ring (bicyclic) bond motifs is 1. The summed E-state index contributed by atoms with van der Waals surface area (Å²) < 4.78 is 40.3. The van der Waals surface area contributed by atoms with Gasteiger partial charge in [-0.1, -0.05) is 18.5 Å². The van der Waals surface area contributed by atoms with Crippen molar-refractivity contribution in [3.63, 3.8) is 0 Å². The molecule has 4 rings (SSSR count). The van der Waals surface area contributed by atoms with Gasteiger partial charge in [-0.05, 0) is 56.4 Å². The average Bonchev–Trinajstić information content (AvgIpc) is 3.21. The zero-order valence-electron chi connectivity index (χ0n) is 19.2. The summed E-state index contributed by atoms with van der Waals surface area (Å²) in [6.07, 6.45) is -1.03. The van der Waals surface area contributed by atoms with Gasteiger partial charge >= 0.3 is 6.18 Å². The Kier molecular flexibility index (Phi) is 7.71. The van der Waals surface area contributed by atoms with Gasteiger partial charge in [-0.15, -0.1) is 0 Å². The Morgan fingerprint density at radius 1 is 1.31 bits per heavy atom. The smallest absolute Gasteiger partial charge is 0.382 e. The summed E-state index contributed by atoms with van der Waals surface area (Å²) in [5, 5.41) is 7.01. The van der Waals surface area contributed by atoms with Gasteiger partial charge in [0.15, 0.2) is 0 Å². The quantitative estimate of drug-likeness (QED) is 0.458. The highest BCUT2D eigenvalue weighted by atomic mass is 35.5. The van der Waals surface area contributed by atoms with E-state index >= 15 is 0 Å². The maximum atomic E-state index is 13.4. The van der Waals surface area contributed by atoms with Gasteiger partial charge in [-0.3, -0.25) is 9.59 Å². The molecule has 1 aliphatic heterocycles. The maximum Gasteiger partial charge on any atom is 0.433 e. The number of rotatable bonds is 6. The van der Waals surface area contributed by atoms with Crippen LogP contribution < -0.4 is 10.6 Å². The highest BCUT2D eigenvalue weighted by molar-refractivity contribution is 7.81. The lowest BCUT2D eigenvalue weighted by molar-refractivity contribution is -0.141. The van der Waals surface area contributed by atoms with Crippen LogP contribution in [-0.4, -0.2) is 51.6 Å². The Morgan fingerprint density at radius 2 is 2.09 bits per heavy atom. The Labute approximate surface area is 212 Å². The van der Waals surface area contributed by atoms with E-state index in [1.165, 1.54) is 12.1 Å². The monoisotopic (exact) mass is 528 g/mol. The lowest BCUT2D eigenvalue weighted by Gasteiger charge is -2.36. The van der Waals surface area contributed by atoms with Crippen LogP contribution in [0.15, 0.2) is 24.3 Å². The van der Waals surface area contributed by atoms with Crippen molar-refractivity contribution in [2.24, 2.45) is 0 Å². The molecule has 0 spiro atoms. The molecule has 1 aromatic heterocycles. The number of amides is 2. The molecular weight excluding hydrogens is 501 g/mol. The number of halogens is 4. The minimum absolute atomic E-state index is 0.00485. The van der Waals surface area contributed by atoms with Crippen molar-refractivity contribution in [1.29, 1.82) is 0 Å². The van der Waals surface area contributed by atoms with E-state index in [2.05, 4.69) is 28.2 Å². The first-order valence-corrected chi connectivity index (χ1v) is 12.7. The molecule has 1 aromatic carbocycles. The number of nitrogens with one attached hydrogen (secondary N) is 2. The van der Waals surface area contributed by atoms with E-state index in [0.717, 1.165) is 12.5 Å². The van der Waals surface area contributed by atoms with E-state index in [0.29, 0.717) is 54.7 Å². The lowest BCUT2D eigenvalue weighted by Crippen LogP contribution is -2.53. The number of nitrogens with zero attached hydrogens (tertiary/aromatic N) is 2. The lowest BCUT2D eigenvalue weighted by atomic mass is 9.90. The van der Waals surface area contributed by atoms with Gasteiger partial charge < -0.3 is 15.5 Å². The number of carbonyl (C=O) groups is 2. The molecule has 2 N–H and O–H groups in total. The zero-order chi connectivity index (χ0) is 25.3. The van der Waals surface area contributed by atoms with Gasteiger partial charge in [-0.2, -0.15) is 25.8 Å². The van der Waals surface area contributed by atoms with Crippen molar-refractivity contribution in [1.82, 2.24) is 15.2 Å². The van der Waals surface area contributed by atoms with Crippen LogP contribution in [0, 0.1) is 0 Å². The summed E-state index contributed by atoms with van der Waals surface area (Å²) >= 11 is 10.8. The van der Waals surface area contributed by atoms with Crippen LogP contribution in [-0.2, 0) is 15.8 Å². The van der Waals surface area contributed by atoms with Gasteiger partial charge in [0.05, 0.1) is 5.52 Å². The molecule has 190 valence electrons. The third-order valence-corrected chi connectivity index (χ3v) is 7.55. The molecule has 4 atom stereocenters. The number of aromatic nitrogens is 1. The molecule has 11 heteroatoms. The molecule has 2 heterocycles. The van der Waals surface area contributed by atoms with Crippen LogP contribution >= 0.6 is 24.2 Å². The van der Waals surface area contributed by atoms with E-state index in [1.807, 2.05) is 6.92 Å². The molecule has 2 aliphatic rings. The fourth-order valence-electron chi connectivity index (χ4n) is 4.95. The van der Waals surface area contributed by atoms with Gasteiger partial charge in [-0.25, -0.2) is 4.98 Å². The fraction of sp³-hybridized carbons (Fsp3) is 0.542. The molecule has 35 heavy (non-hydrogen) atoms. The average molecular weight is 529 g/mol. The minimum atomic E-state index is -4.58. The number of thiol groups is 1. The van der Waals surface area contributed by atoms with Crippen LogP contribution in [0.1, 0.15) is 51.1 Å². The second-order valence-electron chi connectivity index (χ2n) is 9.17. The Bertz CT molecular complexity index is 1120. The highest BCUT2D eigenvalue weighted by Gasteiger charge is 2.36. The van der Waals surface area contributed by atoms with E-state index in [-0.39, 0.29) is 34.7 Å². The summed E-state index contributed by atoms with van der Waals surface area (Å²) in [5.41, 5.74) is -0.450. The van der Waals surface area contributed by atoms with E-state index < -0.39 is 17.9 Å². The molecule has 6 nitrogen and oxygen atoms in total. The number of benzene rings is 1. The van der Waals surface area contributed by atoms with Crippen molar-refractivity contribution in [2.75, 3.05) is 11.9 Å². The summed E-state index contributed by atoms with van der Waals surface area (Å²) in [6, 6.07) is 4.78. The minimum Gasteiger partial charge on any atom is -0.382 e. The Hall–Kier alpha value is -2.20. The van der Waals surface area contributed by atoms with Crippen molar-refractivity contribution in [3.8, 4) is 0 Å².